The van der Waals surface area contributed by atoms with Gasteiger partial charge < -0.3 is 20.7 Å². The van der Waals surface area contributed by atoms with Crippen LogP contribution in [0.3, 0.4) is 0 Å². The van der Waals surface area contributed by atoms with E-state index in [4.69, 9.17) is 10.5 Å². The van der Waals surface area contributed by atoms with Gasteiger partial charge in [0.05, 0.1) is 11.3 Å². The van der Waals surface area contributed by atoms with E-state index in [1.54, 1.807) is 29.2 Å². The Balaban J connectivity index is 1.92. The molecule has 7 heteroatoms. The molecule has 3 amide bonds. The first-order chi connectivity index (χ1) is 11.7. The van der Waals surface area contributed by atoms with Crippen LogP contribution in [-0.4, -0.2) is 41.5 Å². The highest BCUT2D eigenvalue weighted by Gasteiger charge is 2.30. The van der Waals surface area contributed by atoms with Gasteiger partial charge in [0.1, 0.15) is 5.60 Å². The van der Waals surface area contributed by atoms with Gasteiger partial charge in [-0.15, -0.1) is 0 Å². The lowest BCUT2D eigenvalue weighted by Gasteiger charge is -2.33. The van der Waals surface area contributed by atoms with Gasteiger partial charge in [0.2, 0.25) is 5.91 Å². The quantitative estimate of drug-likeness (QED) is 0.876. The number of anilines is 1. The minimum absolute atomic E-state index is 0.169. The third kappa shape index (κ3) is 5.20. The summed E-state index contributed by atoms with van der Waals surface area (Å²) < 4.78 is 5.35. The summed E-state index contributed by atoms with van der Waals surface area (Å²) in [7, 11) is 0. The molecule has 0 saturated carbocycles. The van der Waals surface area contributed by atoms with E-state index in [-0.39, 0.29) is 23.5 Å². The van der Waals surface area contributed by atoms with E-state index in [0.29, 0.717) is 31.6 Å². The number of nitrogens with one attached hydrogen (secondary N) is 1. The second kappa shape index (κ2) is 7.55. The molecule has 3 N–H and O–H groups in total. The highest BCUT2D eigenvalue weighted by atomic mass is 16.6. The molecule has 0 atom stereocenters. The second-order valence-electron chi connectivity index (χ2n) is 7.14. The van der Waals surface area contributed by atoms with Crippen LogP contribution in [0.1, 0.15) is 44.0 Å². The van der Waals surface area contributed by atoms with E-state index in [0.717, 1.165) is 0 Å². The summed E-state index contributed by atoms with van der Waals surface area (Å²) in [5.74, 6) is -0.979. The maximum Gasteiger partial charge on any atom is 0.410 e. The highest BCUT2D eigenvalue weighted by molar-refractivity contribution is 6.03. The molecule has 0 bridgehead atoms. The Hall–Kier alpha value is -2.57. The zero-order chi connectivity index (χ0) is 18.6. The second-order valence-corrected chi connectivity index (χ2v) is 7.14. The van der Waals surface area contributed by atoms with Crippen LogP contribution in [0.4, 0.5) is 10.5 Å². The van der Waals surface area contributed by atoms with Gasteiger partial charge in [-0.2, -0.15) is 0 Å². The Morgan fingerprint density at radius 2 is 1.76 bits per heavy atom. The fourth-order valence-electron chi connectivity index (χ4n) is 2.69. The Kier molecular flexibility index (Phi) is 5.66. The Bertz CT molecular complexity index is 659. The van der Waals surface area contributed by atoms with Crippen LogP contribution >= 0.6 is 0 Å². The number of ether oxygens (including phenoxy) is 1. The van der Waals surface area contributed by atoms with E-state index in [1.807, 2.05) is 20.8 Å². The van der Waals surface area contributed by atoms with Crippen molar-refractivity contribution >= 4 is 23.6 Å². The van der Waals surface area contributed by atoms with E-state index >= 15 is 0 Å². The van der Waals surface area contributed by atoms with Gasteiger partial charge in [0, 0.05) is 19.0 Å². The number of likely N-dealkylation sites (tertiary alicyclic amines) is 1. The van der Waals surface area contributed by atoms with E-state index < -0.39 is 11.5 Å². The van der Waals surface area contributed by atoms with Gasteiger partial charge >= 0.3 is 6.09 Å². The van der Waals surface area contributed by atoms with Gasteiger partial charge in [-0.3, -0.25) is 9.59 Å². The molecule has 1 fully saturated rings. The Labute approximate surface area is 147 Å². The Morgan fingerprint density at radius 3 is 2.32 bits per heavy atom. The lowest BCUT2D eigenvalue weighted by molar-refractivity contribution is -0.121. The summed E-state index contributed by atoms with van der Waals surface area (Å²) in [4.78, 5) is 37.5. The predicted octanol–water partition coefficient (Wildman–Crippen LogP) is 2.37. The smallest absolute Gasteiger partial charge is 0.410 e. The molecule has 25 heavy (non-hydrogen) atoms. The molecule has 0 aliphatic carbocycles. The van der Waals surface area contributed by atoms with Crippen molar-refractivity contribution in [3.8, 4) is 0 Å². The molecule has 2 rings (SSSR count). The number of rotatable bonds is 3. The number of primary amides is 1. The van der Waals surface area contributed by atoms with Gasteiger partial charge in [-0.25, -0.2) is 4.79 Å². The summed E-state index contributed by atoms with van der Waals surface area (Å²) in [6.07, 6.45) is 0.735. The topological polar surface area (TPSA) is 102 Å². The maximum absolute atomic E-state index is 12.4. The average Bonchev–Trinajstić information content (AvgIpc) is 2.53. The van der Waals surface area contributed by atoms with Crippen molar-refractivity contribution in [1.82, 2.24) is 4.90 Å². The highest BCUT2D eigenvalue weighted by Crippen LogP contribution is 2.22. The molecule has 0 spiro atoms. The number of para-hydroxylation sites is 1. The molecule has 7 nitrogen and oxygen atoms in total. The monoisotopic (exact) mass is 347 g/mol. The van der Waals surface area contributed by atoms with Crippen LogP contribution in [0.5, 0.6) is 0 Å². The number of hydrogen-bond donors (Lipinski definition) is 2. The summed E-state index contributed by atoms with van der Waals surface area (Å²) in [6.45, 7) is 6.39. The fourth-order valence-corrected chi connectivity index (χ4v) is 2.69. The zero-order valence-electron chi connectivity index (χ0n) is 14.9. The molecule has 136 valence electrons. The first kappa shape index (κ1) is 18.8. The summed E-state index contributed by atoms with van der Waals surface area (Å²) in [5, 5.41) is 2.77. The summed E-state index contributed by atoms with van der Waals surface area (Å²) >= 11 is 0. The number of amides is 3. The number of piperidine rings is 1. The number of benzene rings is 1. The molecule has 1 aliphatic heterocycles. The van der Waals surface area contributed by atoms with Crippen molar-refractivity contribution in [2.75, 3.05) is 18.4 Å². The SMILES string of the molecule is CC(C)(C)OC(=O)N1CCC(C(=O)Nc2ccccc2C(N)=O)CC1. The van der Waals surface area contributed by atoms with Crippen molar-refractivity contribution in [1.29, 1.82) is 0 Å². The molecular formula is C18H25N3O4. The molecule has 1 heterocycles. The standard InChI is InChI=1S/C18H25N3O4/c1-18(2,3)25-17(24)21-10-8-12(9-11-21)16(23)20-14-7-5-4-6-13(14)15(19)22/h4-7,12H,8-11H2,1-3H3,(H2,19,22)(H,20,23). The molecular weight excluding hydrogens is 322 g/mol. The lowest BCUT2D eigenvalue weighted by Crippen LogP contribution is -2.43. The van der Waals surface area contributed by atoms with E-state index in [1.165, 1.54) is 0 Å². The van der Waals surface area contributed by atoms with Crippen LogP contribution in [0, 0.1) is 5.92 Å². The van der Waals surface area contributed by atoms with Crippen LogP contribution < -0.4 is 11.1 Å². The minimum atomic E-state index is -0.587. The van der Waals surface area contributed by atoms with E-state index in [2.05, 4.69) is 5.32 Å². The first-order valence-electron chi connectivity index (χ1n) is 8.35. The minimum Gasteiger partial charge on any atom is -0.444 e. The van der Waals surface area contributed by atoms with Crippen LogP contribution in [-0.2, 0) is 9.53 Å². The number of carbonyl (C=O) groups is 3. The zero-order valence-corrected chi connectivity index (χ0v) is 14.9. The van der Waals surface area contributed by atoms with Gasteiger partial charge in [0.15, 0.2) is 0 Å². The molecule has 1 aromatic rings. The van der Waals surface area contributed by atoms with Crippen LogP contribution in [0.2, 0.25) is 0 Å². The van der Waals surface area contributed by atoms with Crippen molar-refractivity contribution in [2.24, 2.45) is 11.7 Å². The summed E-state index contributed by atoms with van der Waals surface area (Å²) in [5.41, 5.74) is 5.48. The third-order valence-electron chi connectivity index (χ3n) is 3.97. The normalized spacial score (nSPS) is 15.6. The van der Waals surface area contributed by atoms with Crippen molar-refractivity contribution < 1.29 is 19.1 Å². The number of nitrogens with two attached hydrogens (primary N) is 1. The first-order valence-corrected chi connectivity index (χ1v) is 8.35. The number of carbonyl (C=O) groups excluding carboxylic acids is 3. The molecule has 1 aliphatic rings. The Morgan fingerprint density at radius 1 is 1.16 bits per heavy atom. The fraction of sp³-hybridized carbons (Fsp3) is 0.500. The molecule has 1 aromatic carbocycles. The van der Waals surface area contributed by atoms with Gasteiger partial charge in [0.25, 0.3) is 5.91 Å². The maximum atomic E-state index is 12.4. The lowest BCUT2D eigenvalue weighted by atomic mass is 9.96. The average molecular weight is 347 g/mol. The van der Waals surface area contributed by atoms with Gasteiger partial charge in [-0.1, -0.05) is 12.1 Å². The van der Waals surface area contributed by atoms with E-state index in [9.17, 15) is 14.4 Å². The van der Waals surface area contributed by atoms with Gasteiger partial charge in [-0.05, 0) is 45.7 Å². The number of hydrogen-bond acceptors (Lipinski definition) is 4. The summed E-state index contributed by atoms with van der Waals surface area (Å²) in [6, 6.07) is 6.64. The largest absolute Gasteiger partial charge is 0.444 e. The van der Waals surface area contributed by atoms with Crippen molar-refractivity contribution in [2.45, 2.75) is 39.2 Å². The molecule has 0 aromatic heterocycles. The van der Waals surface area contributed by atoms with Crippen molar-refractivity contribution in [3.63, 3.8) is 0 Å². The predicted molar refractivity (Wildman–Crippen MR) is 94.1 cm³/mol. The molecule has 0 unspecified atom stereocenters. The van der Waals surface area contributed by atoms with Crippen LogP contribution in [0.15, 0.2) is 24.3 Å². The number of nitrogens with zero attached hydrogens (tertiary/aromatic N) is 1. The third-order valence-corrected chi connectivity index (χ3v) is 3.97. The van der Waals surface area contributed by atoms with Crippen LogP contribution in [0.25, 0.3) is 0 Å². The van der Waals surface area contributed by atoms with Crippen molar-refractivity contribution in [3.05, 3.63) is 29.8 Å². The molecule has 1 saturated heterocycles. The molecule has 0 radical (unpaired) electrons.